The van der Waals surface area contributed by atoms with Crippen LogP contribution in [0.2, 0.25) is 0 Å². The first-order valence-electron chi connectivity index (χ1n) is 7.77. The van der Waals surface area contributed by atoms with Gasteiger partial charge in [-0.25, -0.2) is 0 Å². The molecule has 1 amide bonds. The zero-order chi connectivity index (χ0) is 13.7. The Balaban J connectivity index is 1.80. The van der Waals surface area contributed by atoms with E-state index >= 15 is 0 Å². The monoisotopic (exact) mass is 268 g/mol. The highest BCUT2D eigenvalue weighted by atomic mass is 16.5. The predicted molar refractivity (Wildman–Crippen MR) is 75.8 cm³/mol. The number of hydrogen-bond donors (Lipinski definition) is 1. The molecule has 0 bridgehead atoms. The average Bonchev–Trinajstić information content (AvgIpc) is 2.48. The molecule has 2 aliphatic rings. The van der Waals surface area contributed by atoms with Gasteiger partial charge in [-0.1, -0.05) is 6.92 Å². The van der Waals surface area contributed by atoms with Gasteiger partial charge in [0.15, 0.2) is 0 Å². The van der Waals surface area contributed by atoms with E-state index in [1.54, 1.807) is 0 Å². The number of piperidine rings is 1. The number of likely N-dealkylation sites (tertiary alicyclic amines) is 1. The summed E-state index contributed by atoms with van der Waals surface area (Å²) in [6.45, 7) is 4.82. The lowest BCUT2D eigenvalue weighted by atomic mass is 9.79. The third kappa shape index (κ3) is 3.93. The summed E-state index contributed by atoms with van der Waals surface area (Å²) in [4.78, 5) is 14.1. The zero-order valence-electron chi connectivity index (χ0n) is 12.2. The Morgan fingerprint density at radius 1 is 1.26 bits per heavy atom. The summed E-state index contributed by atoms with van der Waals surface area (Å²) in [7, 11) is 0. The molecule has 0 atom stereocenters. The fraction of sp³-hybridized carbons (Fsp3) is 0.933. The quantitative estimate of drug-likeness (QED) is 0.847. The number of nitrogens with two attached hydrogens (primary N) is 1. The van der Waals surface area contributed by atoms with Gasteiger partial charge in [-0.3, -0.25) is 4.79 Å². The molecule has 0 spiro atoms. The van der Waals surface area contributed by atoms with Gasteiger partial charge in [0.1, 0.15) is 6.61 Å². The highest BCUT2D eigenvalue weighted by molar-refractivity contribution is 5.77. The second-order valence-electron chi connectivity index (χ2n) is 6.30. The molecule has 1 saturated heterocycles. The topological polar surface area (TPSA) is 55.6 Å². The number of carbonyl (C=O) groups is 1. The Labute approximate surface area is 116 Å². The van der Waals surface area contributed by atoms with Crippen LogP contribution >= 0.6 is 0 Å². The van der Waals surface area contributed by atoms with Gasteiger partial charge in [-0.05, 0) is 50.9 Å². The summed E-state index contributed by atoms with van der Waals surface area (Å²) in [6.07, 6.45) is 7.83. The fourth-order valence-corrected chi connectivity index (χ4v) is 3.15. The van der Waals surface area contributed by atoms with Gasteiger partial charge < -0.3 is 15.4 Å². The van der Waals surface area contributed by atoms with Crippen molar-refractivity contribution in [2.24, 2.45) is 11.7 Å². The lowest BCUT2D eigenvalue weighted by Gasteiger charge is -2.39. The van der Waals surface area contributed by atoms with Crippen molar-refractivity contribution in [2.45, 2.75) is 57.5 Å². The van der Waals surface area contributed by atoms with E-state index < -0.39 is 0 Å². The summed E-state index contributed by atoms with van der Waals surface area (Å²) < 4.78 is 5.97. The van der Waals surface area contributed by atoms with Crippen LogP contribution < -0.4 is 5.73 Å². The van der Waals surface area contributed by atoms with Crippen molar-refractivity contribution in [3.63, 3.8) is 0 Å². The Bertz CT molecular complexity index is 293. The van der Waals surface area contributed by atoms with Crippen molar-refractivity contribution in [3.05, 3.63) is 0 Å². The van der Waals surface area contributed by atoms with Crippen molar-refractivity contribution in [3.8, 4) is 0 Å². The lowest BCUT2D eigenvalue weighted by molar-refractivity contribution is -0.147. The van der Waals surface area contributed by atoms with Gasteiger partial charge in [-0.15, -0.1) is 0 Å². The third-order valence-electron chi connectivity index (χ3n) is 4.77. The maximum Gasteiger partial charge on any atom is 0.248 e. The van der Waals surface area contributed by atoms with Gasteiger partial charge in [0.2, 0.25) is 5.91 Å². The van der Waals surface area contributed by atoms with Crippen molar-refractivity contribution < 1.29 is 9.53 Å². The van der Waals surface area contributed by atoms with Crippen molar-refractivity contribution in [1.29, 1.82) is 0 Å². The third-order valence-corrected chi connectivity index (χ3v) is 4.77. The minimum atomic E-state index is -0.238. The maximum atomic E-state index is 12.1. The summed E-state index contributed by atoms with van der Waals surface area (Å²) >= 11 is 0. The molecule has 1 heterocycles. The minimum Gasteiger partial charge on any atom is -0.364 e. The molecule has 0 aromatic carbocycles. The number of rotatable bonds is 4. The van der Waals surface area contributed by atoms with E-state index in [-0.39, 0.29) is 18.1 Å². The van der Waals surface area contributed by atoms with E-state index in [2.05, 4.69) is 6.92 Å². The van der Waals surface area contributed by atoms with Gasteiger partial charge in [0, 0.05) is 19.6 Å². The van der Waals surface area contributed by atoms with E-state index in [4.69, 9.17) is 10.5 Å². The van der Waals surface area contributed by atoms with E-state index in [0.29, 0.717) is 6.54 Å². The van der Waals surface area contributed by atoms with E-state index in [0.717, 1.165) is 57.5 Å². The molecule has 4 heteroatoms. The van der Waals surface area contributed by atoms with Gasteiger partial charge in [-0.2, -0.15) is 0 Å². The van der Waals surface area contributed by atoms with E-state index in [9.17, 15) is 4.79 Å². The summed E-state index contributed by atoms with van der Waals surface area (Å²) in [5.74, 6) is 0.909. The van der Waals surface area contributed by atoms with Gasteiger partial charge in [0.05, 0.1) is 5.60 Å². The van der Waals surface area contributed by atoms with Crippen LogP contribution in [0.4, 0.5) is 0 Å². The molecule has 0 unspecified atom stereocenters. The van der Waals surface area contributed by atoms with Crippen LogP contribution in [0.15, 0.2) is 0 Å². The van der Waals surface area contributed by atoms with Crippen molar-refractivity contribution in [1.82, 2.24) is 4.90 Å². The molecular formula is C15H28N2O2. The minimum absolute atomic E-state index is 0.145. The molecule has 0 aromatic heterocycles. The van der Waals surface area contributed by atoms with Crippen LogP contribution in [0.3, 0.4) is 0 Å². The molecule has 1 aliphatic heterocycles. The van der Waals surface area contributed by atoms with Crippen molar-refractivity contribution in [2.75, 3.05) is 26.2 Å². The first-order valence-corrected chi connectivity index (χ1v) is 7.77. The molecule has 19 heavy (non-hydrogen) atoms. The van der Waals surface area contributed by atoms with E-state index in [1.807, 2.05) is 4.90 Å². The number of hydrogen-bond acceptors (Lipinski definition) is 3. The molecule has 4 nitrogen and oxygen atoms in total. The molecule has 0 aromatic rings. The van der Waals surface area contributed by atoms with Crippen LogP contribution in [0, 0.1) is 5.92 Å². The molecule has 110 valence electrons. The molecule has 2 fully saturated rings. The molecule has 0 radical (unpaired) electrons. The molecule has 1 aliphatic carbocycles. The lowest BCUT2D eigenvalue weighted by Crippen LogP contribution is -2.47. The van der Waals surface area contributed by atoms with Gasteiger partial charge >= 0.3 is 0 Å². The normalized spacial score (nSPS) is 32.3. The Kier molecular flexibility index (Phi) is 5.22. The molecule has 2 rings (SSSR count). The summed E-state index contributed by atoms with van der Waals surface area (Å²) in [6, 6.07) is 0. The van der Waals surface area contributed by atoms with Crippen LogP contribution in [0.5, 0.6) is 0 Å². The Hall–Kier alpha value is -0.610. The van der Waals surface area contributed by atoms with Crippen molar-refractivity contribution >= 4 is 5.91 Å². The number of ether oxygens (including phenoxy) is 1. The number of amides is 1. The second-order valence-corrected chi connectivity index (χ2v) is 6.30. The first-order chi connectivity index (χ1) is 9.15. The molecule has 2 N–H and O–H groups in total. The van der Waals surface area contributed by atoms with Crippen LogP contribution in [0.1, 0.15) is 51.9 Å². The summed E-state index contributed by atoms with van der Waals surface area (Å²) in [5, 5.41) is 0. The number of carbonyl (C=O) groups excluding carboxylic acids is 1. The van der Waals surface area contributed by atoms with Crippen LogP contribution in [-0.2, 0) is 9.53 Å². The van der Waals surface area contributed by atoms with Gasteiger partial charge in [0.25, 0.3) is 0 Å². The largest absolute Gasteiger partial charge is 0.364 e. The van der Waals surface area contributed by atoms with Crippen LogP contribution in [-0.4, -0.2) is 42.6 Å². The Morgan fingerprint density at radius 2 is 1.89 bits per heavy atom. The molecular weight excluding hydrogens is 240 g/mol. The zero-order valence-corrected chi connectivity index (χ0v) is 12.2. The smallest absolute Gasteiger partial charge is 0.248 e. The number of nitrogens with zero attached hydrogens (tertiary/aromatic N) is 1. The van der Waals surface area contributed by atoms with Crippen LogP contribution in [0.25, 0.3) is 0 Å². The second kappa shape index (κ2) is 6.71. The highest BCUT2D eigenvalue weighted by Gasteiger charge is 2.34. The molecule has 1 saturated carbocycles. The Morgan fingerprint density at radius 3 is 2.47 bits per heavy atom. The first kappa shape index (κ1) is 14.8. The maximum absolute atomic E-state index is 12.1. The highest BCUT2D eigenvalue weighted by Crippen LogP contribution is 2.34. The van der Waals surface area contributed by atoms with E-state index in [1.165, 1.54) is 6.42 Å². The average molecular weight is 268 g/mol. The SMILES string of the molecule is CC1CCC(CN)(OCC(=O)N2CCCCC2)CC1. The predicted octanol–water partition coefficient (Wildman–Crippen LogP) is 1.92. The summed E-state index contributed by atoms with van der Waals surface area (Å²) in [5.41, 5.74) is 5.66. The standard InChI is InChI=1S/C15H28N2O2/c1-13-5-7-15(12-16,8-6-13)19-11-14(18)17-9-3-2-4-10-17/h13H,2-12,16H2,1H3. The fourth-order valence-electron chi connectivity index (χ4n) is 3.15.